The third kappa shape index (κ3) is 1.67. The summed E-state index contributed by atoms with van der Waals surface area (Å²) in [6.45, 7) is 0. The van der Waals surface area contributed by atoms with Gasteiger partial charge in [-0.15, -0.1) is 0 Å². The summed E-state index contributed by atoms with van der Waals surface area (Å²) in [5.74, 6) is 0.264. The third-order valence-electron chi connectivity index (χ3n) is 2.83. The summed E-state index contributed by atoms with van der Waals surface area (Å²) in [6, 6.07) is 12.9. The van der Waals surface area contributed by atoms with Gasteiger partial charge in [0.1, 0.15) is 5.75 Å². The zero-order valence-corrected chi connectivity index (χ0v) is 9.70. The Bertz CT molecular complexity index is 670. The molecule has 3 aromatic rings. The van der Waals surface area contributed by atoms with Crippen LogP contribution in [0.5, 0.6) is 5.75 Å². The van der Waals surface area contributed by atoms with E-state index in [9.17, 15) is 5.11 Å². The van der Waals surface area contributed by atoms with E-state index in [4.69, 9.17) is 11.6 Å². The highest BCUT2D eigenvalue weighted by molar-refractivity contribution is 6.36. The van der Waals surface area contributed by atoms with Gasteiger partial charge in [0.25, 0.3) is 0 Å². The van der Waals surface area contributed by atoms with Gasteiger partial charge in [-0.25, -0.2) is 0 Å². The van der Waals surface area contributed by atoms with Gasteiger partial charge >= 0.3 is 0 Å². The van der Waals surface area contributed by atoms with Crippen molar-refractivity contribution in [3.05, 3.63) is 53.7 Å². The minimum Gasteiger partial charge on any atom is -0.508 e. The fourth-order valence-corrected chi connectivity index (χ4v) is 2.29. The first-order valence-corrected chi connectivity index (χ1v) is 5.68. The SMILES string of the molecule is Oc1ccc(-c2c[nH]c3cccc(Cl)c23)cc1. The second-order valence-corrected chi connectivity index (χ2v) is 4.32. The standard InChI is InChI=1S/C14H10ClNO/c15-12-2-1-3-13-14(12)11(8-16-13)9-4-6-10(17)7-5-9/h1-8,16-17H. The number of rotatable bonds is 1. The summed E-state index contributed by atoms with van der Waals surface area (Å²) in [5, 5.41) is 11.0. The van der Waals surface area contributed by atoms with Crippen LogP contribution in [-0.4, -0.2) is 10.1 Å². The first kappa shape index (κ1) is 10.2. The van der Waals surface area contributed by atoms with E-state index >= 15 is 0 Å². The molecule has 0 aliphatic carbocycles. The highest BCUT2D eigenvalue weighted by Gasteiger charge is 2.08. The third-order valence-corrected chi connectivity index (χ3v) is 3.15. The number of H-pyrrole nitrogens is 1. The maximum absolute atomic E-state index is 9.29. The van der Waals surface area contributed by atoms with E-state index in [-0.39, 0.29) is 5.75 Å². The highest BCUT2D eigenvalue weighted by atomic mass is 35.5. The fraction of sp³-hybridized carbons (Fsp3) is 0. The van der Waals surface area contributed by atoms with Gasteiger partial charge in [0.2, 0.25) is 0 Å². The van der Waals surface area contributed by atoms with Crippen LogP contribution in [0.4, 0.5) is 0 Å². The van der Waals surface area contributed by atoms with Crippen molar-refractivity contribution in [2.75, 3.05) is 0 Å². The Balaban J connectivity index is 2.27. The van der Waals surface area contributed by atoms with E-state index < -0.39 is 0 Å². The Hall–Kier alpha value is -1.93. The molecule has 2 aromatic carbocycles. The van der Waals surface area contributed by atoms with Gasteiger partial charge in [-0.1, -0.05) is 29.8 Å². The Morgan fingerprint density at radius 3 is 2.53 bits per heavy atom. The number of hydrogen-bond acceptors (Lipinski definition) is 1. The van der Waals surface area contributed by atoms with Crippen LogP contribution in [0, 0.1) is 0 Å². The lowest BCUT2D eigenvalue weighted by Gasteiger charge is -2.01. The van der Waals surface area contributed by atoms with Crippen LogP contribution < -0.4 is 0 Å². The summed E-state index contributed by atoms with van der Waals surface area (Å²) < 4.78 is 0. The number of halogens is 1. The van der Waals surface area contributed by atoms with Crippen LogP contribution in [0.25, 0.3) is 22.0 Å². The molecule has 0 bridgehead atoms. The summed E-state index contributed by atoms with van der Waals surface area (Å²) in [5.41, 5.74) is 3.09. The monoisotopic (exact) mass is 243 g/mol. The van der Waals surface area contributed by atoms with Crippen molar-refractivity contribution < 1.29 is 5.11 Å². The van der Waals surface area contributed by atoms with Crippen LogP contribution in [-0.2, 0) is 0 Å². The van der Waals surface area contributed by atoms with E-state index in [1.165, 1.54) is 0 Å². The van der Waals surface area contributed by atoms with Crippen LogP contribution in [0.15, 0.2) is 48.7 Å². The molecule has 17 heavy (non-hydrogen) atoms. The Kier molecular flexibility index (Phi) is 2.30. The van der Waals surface area contributed by atoms with Gasteiger partial charge in [0.15, 0.2) is 0 Å². The summed E-state index contributed by atoms with van der Waals surface area (Å²) >= 11 is 6.22. The summed E-state index contributed by atoms with van der Waals surface area (Å²) in [7, 11) is 0. The van der Waals surface area contributed by atoms with Gasteiger partial charge in [-0.3, -0.25) is 0 Å². The van der Waals surface area contributed by atoms with Crippen molar-refractivity contribution in [3.63, 3.8) is 0 Å². The molecule has 0 atom stereocenters. The molecular formula is C14H10ClNO. The number of hydrogen-bond donors (Lipinski definition) is 2. The zero-order chi connectivity index (χ0) is 11.8. The molecule has 0 radical (unpaired) electrons. The lowest BCUT2D eigenvalue weighted by molar-refractivity contribution is 0.475. The molecule has 0 fully saturated rings. The normalized spacial score (nSPS) is 10.9. The zero-order valence-electron chi connectivity index (χ0n) is 8.94. The Labute approximate surface area is 103 Å². The largest absolute Gasteiger partial charge is 0.508 e. The predicted octanol–water partition coefficient (Wildman–Crippen LogP) is 4.19. The van der Waals surface area contributed by atoms with E-state index in [0.29, 0.717) is 0 Å². The second kappa shape index (κ2) is 3.82. The molecule has 0 saturated heterocycles. The van der Waals surface area contributed by atoms with E-state index in [1.807, 2.05) is 36.5 Å². The molecule has 0 amide bonds. The highest BCUT2D eigenvalue weighted by Crippen LogP contribution is 2.34. The van der Waals surface area contributed by atoms with Gasteiger partial charge in [-0.05, 0) is 29.8 Å². The van der Waals surface area contributed by atoms with E-state index in [2.05, 4.69) is 4.98 Å². The molecule has 3 rings (SSSR count). The van der Waals surface area contributed by atoms with Crippen LogP contribution in [0.2, 0.25) is 5.02 Å². The lowest BCUT2D eigenvalue weighted by atomic mass is 10.0. The molecule has 3 heteroatoms. The average molecular weight is 244 g/mol. The Morgan fingerprint density at radius 1 is 1.00 bits per heavy atom. The van der Waals surface area contributed by atoms with Crippen molar-refractivity contribution in [1.82, 2.24) is 4.98 Å². The number of aromatic amines is 1. The van der Waals surface area contributed by atoms with Crippen LogP contribution >= 0.6 is 11.6 Å². The predicted molar refractivity (Wildman–Crippen MR) is 70.4 cm³/mol. The van der Waals surface area contributed by atoms with Crippen molar-refractivity contribution >= 4 is 22.5 Å². The molecule has 0 aliphatic rings. The molecule has 84 valence electrons. The number of fused-ring (bicyclic) bond motifs is 1. The molecule has 2 nitrogen and oxygen atoms in total. The lowest BCUT2D eigenvalue weighted by Crippen LogP contribution is -1.76. The molecular weight excluding hydrogens is 234 g/mol. The average Bonchev–Trinajstić information content (AvgIpc) is 2.75. The van der Waals surface area contributed by atoms with Gasteiger partial charge in [0, 0.05) is 22.7 Å². The smallest absolute Gasteiger partial charge is 0.115 e. The van der Waals surface area contributed by atoms with Crippen molar-refractivity contribution in [3.8, 4) is 16.9 Å². The number of benzene rings is 2. The molecule has 1 heterocycles. The van der Waals surface area contributed by atoms with E-state index in [1.54, 1.807) is 12.1 Å². The number of aromatic nitrogens is 1. The fourth-order valence-electron chi connectivity index (χ4n) is 2.01. The Morgan fingerprint density at radius 2 is 1.76 bits per heavy atom. The van der Waals surface area contributed by atoms with Crippen LogP contribution in [0.3, 0.4) is 0 Å². The molecule has 0 aliphatic heterocycles. The maximum Gasteiger partial charge on any atom is 0.115 e. The minimum atomic E-state index is 0.264. The van der Waals surface area contributed by atoms with E-state index in [0.717, 1.165) is 27.1 Å². The van der Waals surface area contributed by atoms with Gasteiger partial charge in [-0.2, -0.15) is 0 Å². The summed E-state index contributed by atoms with van der Waals surface area (Å²) in [6.07, 6.45) is 1.93. The first-order chi connectivity index (χ1) is 8.25. The molecule has 1 aromatic heterocycles. The topological polar surface area (TPSA) is 36.0 Å². The minimum absolute atomic E-state index is 0.264. The summed E-state index contributed by atoms with van der Waals surface area (Å²) in [4.78, 5) is 3.20. The van der Waals surface area contributed by atoms with Crippen molar-refractivity contribution in [1.29, 1.82) is 0 Å². The molecule has 0 spiro atoms. The second-order valence-electron chi connectivity index (χ2n) is 3.91. The van der Waals surface area contributed by atoms with Crippen LogP contribution in [0.1, 0.15) is 0 Å². The molecule has 0 unspecified atom stereocenters. The number of phenols is 1. The number of aromatic hydroxyl groups is 1. The molecule has 2 N–H and O–H groups in total. The van der Waals surface area contributed by atoms with Gasteiger partial charge < -0.3 is 10.1 Å². The first-order valence-electron chi connectivity index (χ1n) is 5.31. The van der Waals surface area contributed by atoms with Crippen molar-refractivity contribution in [2.24, 2.45) is 0 Å². The molecule has 0 saturated carbocycles. The van der Waals surface area contributed by atoms with Crippen molar-refractivity contribution in [2.45, 2.75) is 0 Å². The maximum atomic E-state index is 9.29. The number of phenolic OH excluding ortho intramolecular Hbond substituents is 1. The quantitative estimate of drug-likeness (QED) is 0.660. The number of nitrogens with one attached hydrogen (secondary N) is 1. The van der Waals surface area contributed by atoms with Gasteiger partial charge in [0.05, 0.1) is 5.02 Å².